The summed E-state index contributed by atoms with van der Waals surface area (Å²) < 4.78 is 1.67. The van der Waals surface area contributed by atoms with Crippen molar-refractivity contribution in [3.05, 3.63) is 112 Å². The van der Waals surface area contributed by atoms with Crippen molar-refractivity contribution in [2.24, 2.45) is 0 Å². The van der Waals surface area contributed by atoms with E-state index >= 15 is 0 Å². The number of benzene rings is 3. The first-order valence-corrected chi connectivity index (χ1v) is 11.9. The van der Waals surface area contributed by atoms with Crippen LogP contribution in [0, 0.1) is 17.0 Å². The Bertz CT molecular complexity index is 1500. The summed E-state index contributed by atoms with van der Waals surface area (Å²) in [5.74, 6) is -0.413. The molecule has 36 heavy (non-hydrogen) atoms. The second-order valence-corrected chi connectivity index (χ2v) is 10.1. The molecule has 3 aromatic carbocycles. The topological polar surface area (TPSA) is 82.1 Å². The molecule has 1 heterocycles. The van der Waals surface area contributed by atoms with E-state index in [-0.39, 0.29) is 27.4 Å². The quantitative estimate of drug-likeness (QED) is 0.0946. The maximum Gasteiger partial charge on any atom is 0.272 e. The summed E-state index contributed by atoms with van der Waals surface area (Å²) in [7, 11) is 0. The maximum atomic E-state index is 13.8. The molecule has 1 N–H and O–H groups in total. The first-order chi connectivity index (χ1) is 17.1. The van der Waals surface area contributed by atoms with E-state index in [1.807, 2.05) is 54.6 Å². The first kappa shape index (κ1) is 25.0. The monoisotopic (exact) mass is 497 g/mol. The van der Waals surface area contributed by atoms with E-state index in [0.717, 1.165) is 22.0 Å². The largest absolute Gasteiger partial charge is 0.867 e. The van der Waals surface area contributed by atoms with Gasteiger partial charge in [-0.1, -0.05) is 81.5 Å². The van der Waals surface area contributed by atoms with E-state index in [2.05, 4.69) is 26.1 Å². The summed E-state index contributed by atoms with van der Waals surface area (Å²) in [6, 6.07) is 22.1. The normalized spacial score (nSPS) is 12.2. The van der Waals surface area contributed by atoms with Crippen LogP contribution in [0.4, 0.5) is 11.4 Å². The molecular formula is C29H27N3O3S. The van der Waals surface area contributed by atoms with Gasteiger partial charge in [0, 0.05) is 34.8 Å². The second-order valence-electron chi connectivity index (χ2n) is 9.66. The number of thiocarbonyl (C=S) groups is 1. The number of aromatic nitrogens is 1. The fourth-order valence-corrected chi connectivity index (χ4v) is 4.32. The average molecular weight is 498 g/mol. The number of nitrogens with one attached hydrogen (secondary N) is 1. The highest BCUT2D eigenvalue weighted by molar-refractivity contribution is 7.81. The molecule has 0 aliphatic rings. The van der Waals surface area contributed by atoms with Crippen molar-refractivity contribution < 1.29 is 14.6 Å². The number of rotatable bonds is 5. The Balaban J connectivity index is 1.86. The SMILES string of the molecule is Cc1ccc(/C([O-])=C(/C(=S)Nc2cccc3ccccc23)[n+]2ccc(C(C)(C)C)cc2)cc1[N+](=O)[O-]. The van der Waals surface area contributed by atoms with E-state index < -0.39 is 10.7 Å². The molecule has 1 aromatic heterocycles. The molecule has 0 spiro atoms. The summed E-state index contributed by atoms with van der Waals surface area (Å²) >= 11 is 5.77. The molecule has 0 aliphatic heterocycles. The lowest BCUT2D eigenvalue weighted by atomic mass is 9.88. The number of anilines is 1. The van der Waals surface area contributed by atoms with Gasteiger partial charge in [-0.05, 0) is 40.7 Å². The Labute approximate surface area is 215 Å². The first-order valence-electron chi connectivity index (χ1n) is 11.5. The van der Waals surface area contributed by atoms with E-state index in [1.165, 1.54) is 6.07 Å². The van der Waals surface area contributed by atoms with E-state index in [9.17, 15) is 15.2 Å². The Morgan fingerprint density at radius 1 is 0.972 bits per heavy atom. The zero-order valence-electron chi connectivity index (χ0n) is 20.6. The predicted octanol–water partition coefficient (Wildman–Crippen LogP) is 5.77. The minimum absolute atomic E-state index is 0.0669. The van der Waals surface area contributed by atoms with Crippen molar-refractivity contribution in [3.63, 3.8) is 0 Å². The predicted molar refractivity (Wildman–Crippen MR) is 146 cm³/mol. The number of nitro benzene ring substituents is 1. The molecular weight excluding hydrogens is 470 g/mol. The van der Waals surface area contributed by atoms with Gasteiger partial charge in [-0.15, -0.1) is 0 Å². The number of pyridine rings is 1. The van der Waals surface area contributed by atoms with Crippen LogP contribution in [0.1, 0.15) is 37.5 Å². The van der Waals surface area contributed by atoms with Crippen LogP contribution >= 0.6 is 12.2 Å². The summed E-state index contributed by atoms with van der Waals surface area (Å²) in [5, 5.41) is 30.6. The lowest BCUT2D eigenvalue weighted by molar-refractivity contribution is -0.577. The van der Waals surface area contributed by atoms with Crippen molar-refractivity contribution in [1.82, 2.24) is 0 Å². The lowest BCUT2D eigenvalue weighted by Gasteiger charge is -2.20. The highest BCUT2D eigenvalue weighted by atomic mass is 32.1. The molecule has 0 radical (unpaired) electrons. The number of fused-ring (bicyclic) bond motifs is 1. The number of hydrogen-bond acceptors (Lipinski definition) is 4. The van der Waals surface area contributed by atoms with Gasteiger partial charge >= 0.3 is 0 Å². The molecule has 7 heteroatoms. The third-order valence-electron chi connectivity index (χ3n) is 6.09. The van der Waals surface area contributed by atoms with Crippen LogP contribution in [0.15, 0.2) is 85.2 Å². The molecule has 0 aliphatic carbocycles. The smallest absolute Gasteiger partial charge is 0.272 e. The van der Waals surface area contributed by atoms with E-state index in [4.69, 9.17) is 12.2 Å². The van der Waals surface area contributed by atoms with Crippen LogP contribution < -0.4 is 15.0 Å². The second kappa shape index (κ2) is 9.87. The zero-order chi connectivity index (χ0) is 26.0. The molecule has 0 bridgehead atoms. The van der Waals surface area contributed by atoms with Gasteiger partial charge in [0.2, 0.25) is 5.70 Å². The summed E-state index contributed by atoms with van der Waals surface area (Å²) in [6.07, 6.45) is 3.60. The summed E-state index contributed by atoms with van der Waals surface area (Å²) in [4.78, 5) is 11.2. The lowest BCUT2D eigenvalue weighted by Crippen LogP contribution is -2.40. The van der Waals surface area contributed by atoms with E-state index in [0.29, 0.717) is 5.56 Å². The zero-order valence-corrected chi connectivity index (χ0v) is 21.4. The van der Waals surface area contributed by atoms with Crippen LogP contribution in [0.3, 0.4) is 0 Å². The molecule has 0 atom stereocenters. The van der Waals surface area contributed by atoms with Crippen LogP contribution in [-0.2, 0) is 5.41 Å². The van der Waals surface area contributed by atoms with Crippen molar-refractivity contribution in [1.29, 1.82) is 0 Å². The third kappa shape index (κ3) is 5.11. The average Bonchev–Trinajstić information content (AvgIpc) is 2.84. The molecule has 0 unspecified atom stereocenters. The van der Waals surface area contributed by atoms with Gasteiger partial charge in [-0.2, -0.15) is 4.57 Å². The molecule has 0 fully saturated rings. The van der Waals surface area contributed by atoms with Crippen molar-refractivity contribution in [2.75, 3.05) is 5.32 Å². The Morgan fingerprint density at radius 3 is 2.31 bits per heavy atom. The fourth-order valence-electron chi connectivity index (χ4n) is 4.01. The molecule has 182 valence electrons. The Morgan fingerprint density at radius 2 is 1.64 bits per heavy atom. The van der Waals surface area contributed by atoms with Gasteiger partial charge in [0.05, 0.1) is 4.92 Å². The van der Waals surface area contributed by atoms with Gasteiger partial charge < -0.3 is 10.4 Å². The number of nitrogens with zero attached hydrogens (tertiary/aromatic N) is 2. The van der Waals surface area contributed by atoms with Gasteiger partial charge in [0.25, 0.3) is 5.69 Å². The van der Waals surface area contributed by atoms with Gasteiger partial charge in [0.1, 0.15) is 0 Å². The van der Waals surface area contributed by atoms with Gasteiger partial charge in [-0.25, -0.2) is 0 Å². The maximum absolute atomic E-state index is 13.8. The van der Waals surface area contributed by atoms with Crippen molar-refractivity contribution >= 4 is 50.8 Å². The summed E-state index contributed by atoms with van der Waals surface area (Å²) in [6.45, 7) is 7.98. The molecule has 4 rings (SSSR count). The fraction of sp³-hybridized carbons (Fsp3) is 0.172. The van der Waals surface area contributed by atoms with Gasteiger partial charge in [0.15, 0.2) is 17.4 Å². The number of nitro groups is 1. The highest BCUT2D eigenvalue weighted by Gasteiger charge is 2.23. The Hall–Kier alpha value is -4.10. The standard InChI is InChI=1S/C29H27N3O3S/c1-19-12-13-21(18-25(19)32(34)35)27(33)26(31-16-14-22(15-17-31)29(2,3)4)28(36)30-24-11-7-9-20-8-5-6-10-23(20)24/h5-18H,1-4H3,(H-,30,33,36). The minimum atomic E-state index is -0.482. The Kier molecular flexibility index (Phi) is 6.86. The molecule has 6 nitrogen and oxygen atoms in total. The molecule has 0 saturated heterocycles. The number of aryl methyl sites for hydroxylation is 1. The van der Waals surface area contributed by atoms with E-state index in [1.54, 1.807) is 36.0 Å². The molecule has 0 amide bonds. The van der Waals surface area contributed by atoms with Crippen LogP contribution in [0.5, 0.6) is 0 Å². The molecule has 4 aromatic rings. The summed E-state index contributed by atoms with van der Waals surface area (Å²) in [5.41, 5.74) is 2.57. The number of hydrogen-bond donors (Lipinski definition) is 1. The molecule has 0 saturated carbocycles. The van der Waals surface area contributed by atoms with Crippen LogP contribution in [0.25, 0.3) is 22.2 Å². The third-order valence-corrected chi connectivity index (χ3v) is 6.39. The minimum Gasteiger partial charge on any atom is -0.867 e. The van der Waals surface area contributed by atoms with Gasteiger partial charge in [-0.3, -0.25) is 10.1 Å². The van der Waals surface area contributed by atoms with Crippen molar-refractivity contribution in [2.45, 2.75) is 33.1 Å². The van der Waals surface area contributed by atoms with Crippen LogP contribution in [0.2, 0.25) is 0 Å². The van der Waals surface area contributed by atoms with Crippen LogP contribution in [-0.4, -0.2) is 9.91 Å². The highest BCUT2D eigenvalue weighted by Crippen LogP contribution is 2.27. The van der Waals surface area contributed by atoms with Crippen molar-refractivity contribution in [3.8, 4) is 0 Å².